The lowest BCUT2D eigenvalue weighted by molar-refractivity contribution is -0.122. The molecule has 0 aromatic rings. The molecule has 0 aromatic carbocycles. The van der Waals surface area contributed by atoms with Gasteiger partial charge in [0.2, 0.25) is 5.91 Å². The highest BCUT2D eigenvalue weighted by atomic mass is 16.2. The zero-order valence-corrected chi connectivity index (χ0v) is 7.92. The van der Waals surface area contributed by atoms with E-state index in [2.05, 4.69) is 0 Å². The van der Waals surface area contributed by atoms with Crippen LogP contribution < -0.4 is 11.5 Å². The number of nitrogens with two attached hydrogens (primary N) is 2. The van der Waals surface area contributed by atoms with Crippen LogP contribution in [0.5, 0.6) is 0 Å². The van der Waals surface area contributed by atoms with Crippen molar-refractivity contribution in [1.29, 1.82) is 0 Å². The van der Waals surface area contributed by atoms with Crippen LogP contribution in [-0.4, -0.2) is 37.5 Å². The second-order valence-corrected chi connectivity index (χ2v) is 3.17. The van der Waals surface area contributed by atoms with Gasteiger partial charge in [0.1, 0.15) is 0 Å². The standard InChI is InChI=1S/C8H19N3O/c1-11(2)7(8(10)12)5-3-4-6-9/h7H,3-6,9H2,1-2H3,(H2,10,12)/i6+1,9+1,10+1. The molecule has 1 unspecified atom stereocenters. The van der Waals surface area contributed by atoms with Crippen LogP contribution in [0.4, 0.5) is 0 Å². The third-order valence-corrected chi connectivity index (χ3v) is 1.88. The van der Waals surface area contributed by atoms with Gasteiger partial charge in [-0.15, -0.1) is 0 Å². The molecule has 0 saturated heterocycles. The first-order valence-electron chi connectivity index (χ1n) is 4.25. The Morgan fingerprint density at radius 1 is 1.42 bits per heavy atom. The second kappa shape index (κ2) is 5.97. The molecule has 0 aromatic heterocycles. The Bertz CT molecular complexity index is 136. The predicted molar refractivity (Wildman–Crippen MR) is 49.6 cm³/mol. The quantitative estimate of drug-likeness (QED) is 0.326. The fourth-order valence-corrected chi connectivity index (χ4v) is 1.14. The molecule has 0 radical (unpaired) electrons. The smallest absolute Gasteiger partial charge is 0.234 e. The lowest BCUT2D eigenvalue weighted by atomic mass is 10.1. The van der Waals surface area contributed by atoms with E-state index in [9.17, 15) is 4.79 Å². The maximum Gasteiger partial charge on any atom is 0.234 e. The molecule has 1 amide bonds. The molecule has 0 aliphatic heterocycles. The third-order valence-electron chi connectivity index (χ3n) is 1.88. The van der Waals surface area contributed by atoms with Crippen molar-refractivity contribution in [2.75, 3.05) is 20.6 Å². The van der Waals surface area contributed by atoms with E-state index in [0.29, 0.717) is 6.54 Å². The zero-order chi connectivity index (χ0) is 9.56. The number of carbonyl (C=O) groups excluding carboxylic acids is 1. The number of amides is 1. The van der Waals surface area contributed by atoms with Gasteiger partial charge in [-0.2, -0.15) is 0 Å². The van der Waals surface area contributed by atoms with E-state index in [1.165, 1.54) is 0 Å². The van der Waals surface area contributed by atoms with E-state index < -0.39 is 0 Å². The topological polar surface area (TPSA) is 72.3 Å². The van der Waals surface area contributed by atoms with Gasteiger partial charge in [0.05, 0.1) is 6.04 Å². The van der Waals surface area contributed by atoms with Crippen molar-refractivity contribution in [3.05, 3.63) is 0 Å². The molecule has 0 rings (SSSR count). The number of primary amides is 1. The van der Waals surface area contributed by atoms with Crippen LogP contribution in [-0.2, 0) is 4.79 Å². The van der Waals surface area contributed by atoms with Crippen LogP contribution in [0.2, 0.25) is 0 Å². The van der Waals surface area contributed by atoms with Gasteiger partial charge in [-0.3, -0.25) is 9.69 Å². The van der Waals surface area contributed by atoms with Crippen LogP contribution >= 0.6 is 0 Å². The molecule has 0 fully saturated rings. The van der Waals surface area contributed by atoms with Crippen LogP contribution in [0.3, 0.4) is 0 Å². The largest absolute Gasteiger partial charge is 0.368 e. The normalized spacial score (nSPS) is 13.3. The fourth-order valence-electron chi connectivity index (χ4n) is 1.14. The van der Waals surface area contributed by atoms with Gasteiger partial charge >= 0.3 is 0 Å². The van der Waals surface area contributed by atoms with Gasteiger partial charge in [-0.25, -0.2) is 0 Å². The summed E-state index contributed by atoms with van der Waals surface area (Å²) in [5.74, 6) is -0.253. The summed E-state index contributed by atoms with van der Waals surface area (Å²) in [6, 6.07) is -0.142. The minimum absolute atomic E-state index is 0.142. The van der Waals surface area contributed by atoms with E-state index in [4.69, 9.17) is 11.5 Å². The van der Waals surface area contributed by atoms with Crippen molar-refractivity contribution < 1.29 is 4.79 Å². The average molecular weight is 176 g/mol. The summed E-state index contributed by atoms with van der Waals surface area (Å²) >= 11 is 0. The summed E-state index contributed by atoms with van der Waals surface area (Å²) in [6.07, 6.45) is 2.72. The monoisotopic (exact) mass is 176 g/mol. The second-order valence-electron chi connectivity index (χ2n) is 3.17. The lowest BCUT2D eigenvalue weighted by Gasteiger charge is -2.20. The molecule has 4 nitrogen and oxygen atoms in total. The SMILES string of the molecule is CN(C)C(CCC[13CH2][15NH2])C([15NH2])=O. The highest BCUT2D eigenvalue weighted by molar-refractivity contribution is 5.79. The van der Waals surface area contributed by atoms with Crippen molar-refractivity contribution in [3.63, 3.8) is 0 Å². The Balaban J connectivity index is 3.72. The first-order chi connectivity index (χ1) is 5.59. The van der Waals surface area contributed by atoms with Crippen LogP contribution in [0.15, 0.2) is 0 Å². The Hall–Kier alpha value is -0.610. The Morgan fingerprint density at radius 3 is 2.33 bits per heavy atom. The summed E-state index contributed by atoms with van der Waals surface area (Å²) in [6.45, 7) is 0.679. The number of carbonyl (C=O) groups is 1. The van der Waals surface area contributed by atoms with E-state index in [0.717, 1.165) is 19.3 Å². The molecule has 0 bridgehead atoms. The summed E-state index contributed by atoms with van der Waals surface area (Å²) in [7, 11) is 3.72. The third kappa shape index (κ3) is 4.31. The van der Waals surface area contributed by atoms with Crippen LogP contribution in [0, 0.1) is 0 Å². The first kappa shape index (κ1) is 11.4. The Kier molecular flexibility index (Phi) is 5.66. The van der Waals surface area contributed by atoms with Crippen molar-refractivity contribution in [2.45, 2.75) is 25.3 Å². The van der Waals surface area contributed by atoms with Gasteiger partial charge in [0, 0.05) is 0 Å². The summed E-state index contributed by atoms with van der Waals surface area (Å²) < 4.78 is 0. The number of rotatable bonds is 6. The van der Waals surface area contributed by atoms with Gasteiger partial charge in [0.25, 0.3) is 0 Å². The van der Waals surface area contributed by atoms with Gasteiger partial charge < -0.3 is 11.5 Å². The molecule has 0 aliphatic rings. The predicted octanol–water partition coefficient (Wildman–Crippen LogP) is -0.469. The molecule has 0 saturated carbocycles. The zero-order valence-electron chi connectivity index (χ0n) is 7.92. The molecule has 12 heavy (non-hydrogen) atoms. The number of unbranched alkanes of at least 4 members (excludes halogenated alkanes) is 1. The molecule has 1 atom stereocenters. The molecule has 0 heterocycles. The van der Waals surface area contributed by atoms with E-state index in [1.807, 2.05) is 19.0 Å². The molecule has 72 valence electrons. The highest BCUT2D eigenvalue weighted by Crippen LogP contribution is 2.04. The molecule has 0 spiro atoms. The highest BCUT2D eigenvalue weighted by Gasteiger charge is 2.16. The van der Waals surface area contributed by atoms with Gasteiger partial charge in [0.15, 0.2) is 0 Å². The van der Waals surface area contributed by atoms with Crippen LogP contribution in [0.1, 0.15) is 19.3 Å². The summed E-state index contributed by atoms with van der Waals surface area (Å²) in [5.41, 5.74) is 10.5. The van der Waals surface area contributed by atoms with E-state index in [1.54, 1.807) is 0 Å². The van der Waals surface area contributed by atoms with Crippen molar-refractivity contribution in [1.82, 2.24) is 4.90 Å². The molecular formula is C8H19N3O. The minimum atomic E-state index is -0.253. The van der Waals surface area contributed by atoms with E-state index in [-0.39, 0.29) is 11.9 Å². The molecular weight excluding hydrogens is 157 g/mol. The fraction of sp³-hybridized carbons (Fsp3) is 0.875. The maximum absolute atomic E-state index is 10.9. The number of likely N-dealkylation sites (N-methyl/N-ethyl adjacent to an activating group) is 1. The maximum atomic E-state index is 10.9. The molecule has 0 aliphatic carbocycles. The molecule has 4 N–H and O–H groups in total. The number of nitrogens with zero attached hydrogens (tertiary/aromatic N) is 1. The Labute approximate surface area is 73.9 Å². The minimum Gasteiger partial charge on any atom is -0.368 e. The van der Waals surface area contributed by atoms with Crippen molar-refractivity contribution in [3.8, 4) is 0 Å². The average Bonchev–Trinajstić information content (AvgIpc) is 1.96. The summed E-state index contributed by atoms with van der Waals surface area (Å²) in [5, 5.41) is 0. The van der Waals surface area contributed by atoms with Crippen molar-refractivity contribution in [2.24, 2.45) is 11.5 Å². The lowest BCUT2D eigenvalue weighted by Crippen LogP contribution is -2.40. The van der Waals surface area contributed by atoms with E-state index >= 15 is 0 Å². The number of hydrogen-bond acceptors (Lipinski definition) is 3. The number of hydrogen-bond donors (Lipinski definition) is 2. The van der Waals surface area contributed by atoms with Crippen LogP contribution in [0.25, 0.3) is 0 Å². The van der Waals surface area contributed by atoms with Gasteiger partial charge in [-0.1, -0.05) is 6.42 Å². The first-order valence-corrected chi connectivity index (χ1v) is 4.25. The molecule has 4 heteroatoms. The summed E-state index contributed by atoms with van der Waals surface area (Å²) in [4.78, 5) is 12.7. The van der Waals surface area contributed by atoms with Gasteiger partial charge in [-0.05, 0) is 33.5 Å². The Morgan fingerprint density at radius 2 is 2.00 bits per heavy atom. The van der Waals surface area contributed by atoms with Crippen molar-refractivity contribution >= 4 is 5.91 Å².